The first-order chi connectivity index (χ1) is 8.99. The van der Waals surface area contributed by atoms with Gasteiger partial charge in [0.05, 0.1) is 11.0 Å². The number of alkyl halides is 1. The first-order valence-corrected chi connectivity index (χ1v) is 8.34. The number of rotatable bonds is 8. The van der Waals surface area contributed by atoms with Crippen molar-refractivity contribution < 1.29 is 13.5 Å². The third kappa shape index (κ3) is 5.48. The molecule has 1 atom stereocenters. The Balaban J connectivity index is 2.66. The molecule has 1 rings (SSSR count). The summed E-state index contributed by atoms with van der Waals surface area (Å²) in [5.74, 6) is 0.507. The lowest BCUT2D eigenvalue weighted by Crippen LogP contribution is -2.32. The molecule has 1 aromatic carbocycles. The molecule has 0 saturated carbocycles. The van der Waals surface area contributed by atoms with E-state index in [4.69, 9.17) is 11.6 Å². The zero-order chi connectivity index (χ0) is 14.3. The van der Waals surface area contributed by atoms with Crippen LogP contribution in [0.25, 0.3) is 0 Å². The van der Waals surface area contributed by atoms with Gasteiger partial charge in [-0.05, 0) is 30.5 Å². The first-order valence-electron chi connectivity index (χ1n) is 6.32. The molecule has 0 aromatic heterocycles. The molecule has 108 valence electrons. The summed E-state index contributed by atoms with van der Waals surface area (Å²) in [7, 11) is -3.55. The van der Waals surface area contributed by atoms with Gasteiger partial charge in [0.15, 0.2) is 0 Å². The molecular weight excluding hydrogens is 286 g/mol. The fraction of sp³-hybridized carbons (Fsp3) is 0.538. The van der Waals surface area contributed by atoms with Gasteiger partial charge in [-0.25, -0.2) is 13.1 Å². The number of benzene rings is 1. The molecule has 0 aliphatic heterocycles. The van der Waals surface area contributed by atoms with Crippen LogP contribution in [0.3, 0.4) is 0 Å². The number of aryl methyl sites for hydroxylation is 1. The Labute approximate surface area is 119 Å². The van der Waals surface area contributed by atoms with Gasteiger partial charge in [0.25, 0.3) is 0 Å². The maximum absolute atomic E-state index is 12.0. The van der Waals surface area contributed by atoms with Crippen LogP contribution in [0.2, 0.25) is 0 Å². The Kier molecular flexibility index (Phi) is 6.79. The van der Waals surface area contributed by atoms with Crippen molar-refractivity contribution in [2.75, 3.05) is 12.4 Å². The van der Waals surface area contributed by atoms with Gasteiger partial charge >= 0.3 is 0 Å². The van der Waals surface area contributed by atoms with Gasteiger partial charge in [-0.1, -0.05) is 25.5 Å². The molecule has 4 nitrogen and oxygen atoms in total. The normalized spacial score (nSPS) is 13.4. The van der Waals surface area contributed by atoms with Crippen molar-refractivity contribution in [1.82, 2.24) is 4.72 Å². The molecule has 0 aliphatic carbocycles. The van der Waals surface area contributed by atoms with Crippen molar-refractivity contribution in [3.05, 3.63) is 29.8 Å². The molecule has 0 saturated heterocycles. The standard InChI is InChI=1S/C13H20ClNO3S/c1-2-3-12(16)10-15-19(17,18)13-6-4-11(5-7-13)8-9-14/h4-7,12,15-16H,2-3,8-10H2,1H3. The van der Waals surface area contributed by atoms with E-state index in [9.17, 15) is 13.5 Å². The molecule has 0 heterocycles. The van der Waals surface area contributed by atoms with E-state index in [1.165, 1.54) is 0 Å². The van der Waals surface area contributed by atoms with E-state index < -0.39 is 16.1 Å². The fourth-order valence-corrected chi connectivity index (χ4v) is 2.96. The van der Waals surface area contributed by atoms with E-state index in [2.05, 4.69) is 4.72 Å². The van der Waals surface area contributed by atoms with Crippen molar-refractivity contribution in [2.45, 2.75) is 37.2 Å². The van der Waals surface area contributed by atoms with E-state index in [0.29, 0.717) is 18.7 Å². The third-order valence-electron chi connectivity index (χ3n) is 2.75. The van der Waals surface area contributed by atoms with E-state index in [1.54, 1.807) is 24.3 Å². The highest BCUT2D eigenvalue weighted by Gasteiger charge is 2.15. The van der Waals surface area contributed by atoms with Crippen molar-refractivity contribution in [2.24, 2.45) is 0 Å². The summed E-state index contributed by atoms with van der Waals surface area (Å²) < 4.78 is 26.3. The van der Waals surface area contributed by atoms with Gasteiger partial charge in [-0.15, -0.1) is 11.6 Å². The van der Waals surface area contributed by atoms with Gasteiger partial charge in [-0.3, -0.25) is 0 Å². The average Bonchev–Trinajstić information content (AvgIpc) is 2.38. The Morgan fingerprint density at radius 3 is 2.47 bits per heavy atom. The summed E-state index contributed by atoms with van der Waals surface area (Å²) in [6.45, 7) is 1.98. The molecule has 19 heavy (non-hydrogen) atoms. The summed E-state index contributed by atoms with van der Waals surface area (Å²) in [6, 6.07) is 6.60. The van der Waals surface area contributed by atoms with E-state index in [0.717, 1.165) is 12.0 Å². The monoisotopic (exact) mass is 305 g/mol. The van der Waals surface area contributed by atoms with Crippen molar-refractivity contribution in [3.8, 4) is 0 Å². The lowest BCUT2D eigenvalue weighted by atomic mass is 10.2. The van der Waals surface area contributed by atoms with Crippen LogP contribution >= 0.6 is 11.6 Å². The van der Waals surface area contributed by atoms with E-state index >= 15 is 0 Å². The van der Waals surface area contributed by atoms with Crippen LogP contribution in [-0.2, 0) is 16.4 Å². The smallest absolute Gasteiger partial charge is 0.240 e. The Hall–Kier alpha value is -0.620. The summed E-state index contributed by atoms with van der Waals surface area (Å²) in [4.78, 5) is 0.203. The van der Waals surface area contributed by atoms with Gasteiger partial charge < -0.3 is 5.11 Å². The number of hydrogen-bond acceptors (Lipinski definition) is 3. The Morgan fingerprint density at radius 1 is 1.32 bits per heavy atom. The molecule has 1 unspecified atom stereocenters. The third-order valence-corrected chi connectivity index (χ3v) is 4.38. The van der Waals surface area contributed by atoms with E-state index in [1.807, 2.05) is 6.92 Å². The quantitative estimate of drug-likeness (QED) is 0.721. The summed E-state index contributed by atoms with van der Waals surface area (Å²) in [6.07, 6.45) is 1.47. The van der Waals surface area contributed by atoms with Crippen LogP contribution < -0.4 is 4.72 Å². The highest BCUT2D eigenvalue weighted by atomic mass is 35.5. The first kappa shape index (κ1) is 16.4. The maximum atomic E-state index is 12.0. The zero-order valence-electron chi connectivity index (χ0n) is 11.0. The molecule has 0 fully saturated rings. The van der Waals surface area contributed by atoms with Crippen molar-refractivity contribution in [1.29, 1.82) is 0 Å². The van der Waals surface area contributed by atoms with Crippen LogP contribution in [0.5, 0.6) is 0 Å². The lowest BCUT2D eigenvalue weighted by Gasteiger charge is -2.11. The average molecular weight is 306 g/mol. The van der Waals surface area contributed by atoms with Crippen molar-refractivity contribution in [3.63, 3.8) is 0 Å². The molecular formula is C13H20ClNO3S. The molecule has 0 aliphatic rings. The van der Waals surface area contributed by atoms with E-state index in [-0.39, 0.29) is 11.4 Å². The molecule has 2 N–H and O–H groups in total. The molecule has 1 aromatic rings. The number of aliphatic hydroxyl groups is 1. The van der Waals surface area contributed by atoms with Crippen LogP contribution in [0, 0.1) is 0 Å². The second-order valence-corrected chi connectivity index (χ2v) is 6.52. The van der Waals surface area contributed by atoms with Crippen molar-refractivity contribution >= 4 is 21.6 Å². The molecule has 0 radical (unpaired) electrons. The zero-order valence-corrected chi connectivity index (χ0v) is 12.5. The second-order valence-electron chi connectivity index (χ2n) is 4.38. The summed E-state index contributed by atoms with van der Waals surface area (Å²) >= 11 is 5.62. The molecule has 6 heteroatoms. The summed E-state index contributed by atoms with van der Waals surface area (Å²) in [5, 5.41) is 9.53. The number of hydrogen-bond donors (Lipinski definition) is 2. The van der Waals surface area contributed by atoms with Crippen LogP contribution in [0.4, 0.5) is 0 Å². The number of sulfonamides is 1. The van der Waals surface area contributed by atoms with Gasteiger partial charge in [0.2, 0.25) is 10.0 Å². The van der Waals surface area contributed by atoms with Gasteiger partial charge in [0, 0.05) is 12.4 Å². The highest BCUT2D eigenvalue weighted by Crippen LogP contribution is 2.11. The fourth-order valence-electron chi connectivity index (χ4n) is 1.67. The summed E-state index contributed by atoms with van der Waals surface area (Å²) in [5.41, 5.74) is 1.000. The number of nitrogens with one attached hydrogen (secondary N) is 1. The molecule has 0 amide bonds. The van der Waals surface area contributed by atoms with Crippen LogP contribution in [0.15, 0.2) is 29.2 Å². The minimum Gasteiger partial charge on any atom is -0.392 e. The number of halogens is 1. The topological polar surface area (TPSA) is 66.4 Å². The number of aliphatic hydroxyl groups excluding tert-OH is 1. The Morgan fingerprint density at radius 2 is 1.95 bits per heavy atom. The van der Waals surface area contributed by atoms with Crippen LogP contribution in [-0.4, -0.2) is 32.1 Å². The minimum atomic E-state index is -3.55. The SMILES string of the molecule is CCCC(O)CNS(=O)(=O)c1ccc(CCCl)cc1. The van der Waals surface area contributed by atoms with Gasteiger partial charge in [0.1, 0.15) is 0 Å². The predicted molar refractivity (Wildman–Crippen MR) is 77.0 cm³/mol. The highest BCUT2D eigenvalue weighted by molar-refractivity contribution is 7.89. The second kappa shape index (κ2) is 7.85. The predicted octanol–water partition coefficient (Wildman–Crippen LogP) is 1.91. The van der Waals surface area contributed by atoms with Gasteiger partial charge in [-0.2, -0.15) is 0 Å². The van der Waals surface area contributed by atoms with Crippen LogP contribution in [0.1, 0.15) is 25.3 Å². The minimum absolute atomic E-state index is 0.0413. The largest absolute Gasteiger partial charge is 0.392 e. The lowest BCUT2D eigenvalue weighted by molar-refractivity contribution is 0.167. The molecule has 0 bridgehead atoms. The molecule has 0 spiro atoms. The Bertz CT molecular complexity index is 473. The maximum Gasteiger partial charge on any atom is 0.240 e.